The molecule has 0 amide bonds. The summed E-state index contributed by atoms with van der Waals surface area (Å²) in [5.41, 5.74) is 9.55. The fourth-order valence-electron chi connectivity index (χ4n) is 2.28. The van der Waals surface area contributed by atoms with Crippen molar-refractivity contribution < 1.29 is 9.13 Å². The van der Waals surface area contributed by atoms with E-state index in [4.69, 9.17) is 10.5 Å². The molecule has 3 nitrogen and oxygen atoms in total. The Hall–Kier alpha value is -2.23. The SMILES string of the molecule is CCOc1cc(N(C)Cc2ccccc2C)c(N)cc1F. The molecule has 0 aromatic heterocycles. The lowest BCUT2D eigenvalue weighted by Gasteiger charge is -2.23. The summed E-state index contributed by atoms with van der Waals surface area (Å²) < 4.78 is 19.0. The number of benzene rings is 2. The van der Waals surface area contributed by atoms with Gasteiger partial charge in [0, 0.05) is 25.7 Å². The molecular formula is C17H21FN2O. The first-order valence-corrected chi connectivity index (χ1v) is 7.00. The van der Waals surface area contributed by atoms with Crippen LogP contribution in [0.2, 0.25) is 0 Å². The van der Waals surface area contributed by atoms with Crippen molar-refractivity contribution in [3.63, 3.8) is 0 Å². The van der Waals surface area contributed by atoms with Gasteiger partial charge < -0.3 is 15.4 Å². The van der Waals surface area contributed by atoms with Crippen molar-refractivity contribution in [1.29, 1.82) is 0 Å². The van der Waals surface area contributed by atoms with Crippen LogP contribution in [0.5, 0.6) is 5.75 Å². The molecule has 2 rings (SSSR count). The molecule has 0 unspecified atom stereocenters. The van der Waals surface area contributed by atoms with Gasteiger partial charge in [-0.05, 0) is 25.0 Å². The zero-order chi connectivity index (χ0) is 15.4. The lowest BCUT2D eigenvalue weighted by atomic mass is 10.1. The van der Waals surface area contributed by atoms with E-state index in [9.17, 15) is 4.39 Å². The first-order chi connectivity index (χ1) is 10.0. The fourth-order valence-corrected chi connectivity index (χ4v) is 2.28. The number of nitrogens with two attached hydrogens (primary N) is 1. The average Bonchev–Trinajstić information content (AvgIpc) is 2.44. The van der Waals surface area contributed by atoms with Crippen LogP contribution < -0.4 is 15.4 Å². The molecule has 0 saturated carbocycles. The van der Waals surface area contributed by atoms with Gasteiger partial charge in [0.1, 0.15) is 0 Å². The number of hydrogen-bond donors (Lipinski definition) is 1. The summed E-state index contributed by atoms with van der Waals surface area (Å²) in [5.74, 6) is -0.194. The Morgan fingerprint density at radius 1 is 1.24 bits per heavy atom. The van der Waals surface area contributed by atoms with Gasteiger partial charge in [0.25, 0.3) is 0 Å². The van der Waals surface area contributed by atoms with E-state index in [1.807, 2.05) is 31.0 Å². The first kappa shape index (κ1) is 15.2. The van der Waals surface area contributed by atoms with E-state index in [1.165, 1.54) is 17.2 Å². The Kier molecular flexibility index (Phi) is 4.68. The molecule has 2 aromatic carbocycles. The second kappa shape index (κ2) is 6.48. The third kappa shape index (κ3) is 3.45. The molecule has 0 saturated heterocycles. The van der Waals surface area contributed by atoms with Crippen molar-refractivity contribution in [3.05, 3.63) is 53.3 Å². The molecule has 112 valence electrons. The molecule has 0 aliphatic carbocycles. The van der Waals surface area contributed by atoms with Gasteiger partial charge in [0.2, 0.25) is 0 Å². The van der Waals surface area contributed by atoms with Gasteiger partial charge in [-0.15, -0.1) is 0 Å². The maximum Gasteiger partial charge on any atom is 0.167 e. The normalized spacial score (nSPS) is 10.5. The molecule has 0 aliphatic rings. The van der Waals surface area contributed by atoms with Crippen LogP contribution in [0.15, 0.2) is 36.4 Å². The Balaban J connectivity index is 2.28. The van der Waals surface area contributed by atoms with Crippen LogP contribution >= 0.6 is 0 Å². The minimum absolute atomic E-state index is 0.235. The minimum atomic E-state index is -0.428. The van der Waals surface area contributed by atoms with Crippen molar-refractivity contribution >= 4 is 11.4 Å². The highest BCUT2D eigenvalue weighted by atomic mass is 19.1. The summed E-state index contributed by atoms with van der Waals surface area (Å²) in [7, 11) is 1.94. The predicted molar refractivity (Wildman–Crippen MR) is 85.3 cm³/mol. The Morgan fingerprint density at radius 2 is 1.95 bits per heavy atom. The van der Waals surface area contributed by atoms with E-state index in [-0.39, 0.29) is 5.75 Å². The molecule has 2 aromatic rings. The summed E-state index contributed by atoms with van der Waals surface area (Å²) in [6.45, 7) is 5.02. The molecule has 21 heavy (non-hydrogen) atoms. The standard InChI is InChI=1S/C17H21FN2O/c1-4-21-17-10-16(15(19)9-14(17)18)20(3)11-13-8-6-5-7-12(13)2/h5-10H,4,11,19H2,1-3H3. The highest BCUT2D eigenvalue weighted by molar-refractivity contribution is 5.69. The average molecular weight is 288 g/mol. The number of halogens is 1. The molecule has 0 radical (unpaired) electrons. The number of nitrogen functional groups attached to an aromatic ring is 1. The second-order valence-corrected chi connectivity index (χ2v) is 5.06. The smallest absolute Gasteiger partial charge is 0.167 e. The fraction of sp³-hybridized carbons (Fsp3) is 0.294. The Bertz CT molecular complexity index is 628. The van der Waals surface area contributed by atoms with Crippen LogP contribution in [-0.4, -0.2) is 13.7 Å². The third-order valence-corrected chi connectivity index (χ3v) is 3.46. The number of aryl methyl sites for hydroxylation is 1. The second-order valence-electron chi connectivity index (χ2n) is 5.06. The maximum absolute atomic E-state index is 13.7. The predicted octanol–water partition coefficient (Wildman–Crippen LogP) is 3.75. The van der Waals surface area contributed by atoms with Crippen LogP contribution in [0.3, 0.4) is 0 Å². The Labute approximate surface area is 125 Å². The van der Waals surface area contributed by atoms with Crippen LogP contribution in [-0.2, 0) is 6.54 Å². The third-order valence-electron chi connectivity index (χ3n) is 3.46. The molecular weight excluding hydrogens is 267 g/mol. The number of nitrogens with zero attached hydrogens (tertiary/aromatic N) is 1. The van der Waals surface area contributed by atoms with E-state index in [2.05, 4.69) is 19.1 Å². The number of rotatable bonds is 5. The highest BCUT2D eigenvalue weighted by Crippen LogP contribution is 2.31. The van der Waals surface area contributed by atoms with E-state index in [0.29, 0.717) is 18.8 Å². The summed E-state index contributed by atoms with van der Waals surface area (Å²) in [4.78, 5) is 2.00. The van der Waals surface area contributed by atoms with Gasteiger partial charge in [-0.3, -0.25) is 0 Å². The molecule has 0 aliphatic heterocycles. The van der Waals surface area contributed by atoms with Crippen LogP contribution in [0.4, 0.5) is 15.8 Å². The van der Waals surface area contributed by atoms with Crippen LogP contribution in [0, 0.1) is 12.7 Å². The number of ether oxygens (including phenoxy) is 1. The van der Waals surface area contributed by atoms with Crippen LogP contribution in [0.25, 0.3) is 0 Å². The van der Waals surface area contributed by atoms with E-state index in [0.717, 1.165) is 5.69 Å². The van der Waals surface area contributed by atoms with Gasteiger partial charge in [-0.1, -0.05) is 24.3 Å². The quantitative estimate of drug-likeness (QED) is 0.852. The van der Waals surface area contributed by atoms with E-state index < -0.39 is 5.82 Å². The van der Waals surface area contributed by atoms with Crippen molar-refractivity contribution in [1.82, 2.24) is 0 Å². The van der Waals surface area contributed by atoms with E-state index >= 15 is 0 Å². The van der Waals surface area contributed by atoms with E-state index in [1.54, 1.807) is 6.07 Å². The summed E-state index contributed by atoms with van der Waals surface area (Å²) in [5, 5.41) is 0. The van der Waals surface area contributed by atoms with Gasteiger partial charge >= 0.3 is 0 Å². The topological polar surface area (TPSA) is 38.5 Å². The lowest BCUT2D eigenvalue weighted by Crippen LogP contribution is -2.18. The summed E-state index contributed by atoms with van der Waals surface area (Å²) in [6.07, 6.45) is 0. The van der Waals surface area contributed by atoms with Gasteiger partial charge in [0.15, 0.2) is 11.6 Å². The molecule has 0 heterocycles. The van der Waals surface area contributed by atoms with Crippen molar-refractivity contribution in [3.8, 4) is 5.75 Å². The minimum Gasteiger partial charge on any atom is -0.491 e. The number of anilines is 2. The van der Waals surface area contributed by atoms with Gasteiger partial charge in [0.05, 0.1) is 18.0 Å². The van der Waals surface area contributed by atoms with Gasteiger partial charge in [-0.25, -0.2) is 4.39 Å². The van der Waals surface area contributed by atoms with Crippen LogP contribution in [0.1, 0.15) is 18.1 Å². The molecule has 2 N–H and O–H groups in total. The summed E-state index contributed by atoms with van der Waals surface area (Å²) >= 11 is 0. The lowest BCUT2D eigenvalue weighted by molar-refractivity contribution is 0.322. The van der Waals surface area contributed by atoms with Crippen molar-refractivity contribution in [2.75, 3.05) is 24.3 Å². The molecule has 0 bridgehead atoms. The Morgan fingerprint density at radius 3 is 2.62 bits per heavy atom. The maximum atomic E-state index is 13.7. The first-order valence-electron chi connectivity index (χ1n) is 7.00. The molecule has 0 spiro atoms. The van der Waals surface area contributed by atoms with Gasteiger partial charge in [-0.2, -0.15) is 0 Å². The van der Waals surface area contributed by atoms with Crippen molar-refractivity contribution in [2.24, 2.45) is 0 Å². The summed E-state index contributed by atoms with van der Waals surface area (Å²) in [6, 6.07) is 11.1. The molecule has 0 atom stereocenters. The van der Waals surface area contributed by atoms with Crippen molar-refractivity contribution in [2.45, 2.75) is 20.4 Å². The monoisotopic (exact) mass is 288 g/mol. The zero-order valence-corrected chi connectivity index (χ0v) is 12.7. The zero-order valence-electron chi connectivity index (χ0n) is 12.7. The largest absolute Gasteiger partial charge is 0.491 e. The number of hydrogen-bond acceptors (Lipinski definition) is 3. The molecule has 0 fully saturated rings. The molecule has 4 heteroatoms. The highest BCUT2D eigenvalue weighted by Gasteiger charge is 2.13.